The molecule has 3 heteroatoms. The van der Waals surface area contributed by atoms with Crippen LogP contribution in [0.15, 0.2) is 17.5 Å². The van der Waals surface area contributed by atoms with Gasteiger partial charge in [-0.25, -0.2) is 0 Å². The maximum atomic E-state index is 9.93. The average Bonchev–Trinajstić information content (AvgIpc) is 2.81. The highest BCUT2D eigenvalue weighted by Crippen LogP contribution is 2.31. The van der Waals surface area contributed by atoms with Crippen molar-refractivity contribution in [3.8, 4) is 0 Å². The molecule has 1 aromatic heterocycles. The van der Waals surface area contributed by atoms with E-state index in [0.29, 0.717) is 0 Å². The van der Waals surface area contributed by atoms with Crippen LogP contribution >= 0.6 is 23.1 Å². The van der Waals surface area contributed by atoms with Gasteiger partial charge in [-0.3, -0.25) is 0 Å². The molecule has 1 nitrogen and oxygen atoms in total. The number of hydrogen-bond acceptors (Lipinski definition) is 3. The molecule has 0 radical (unpaired) electrons. The van der Waals surface area contributed by atoms with Gasteiger partial charge < -0.3 is 5.11 Å². The van der Waals surface area contributed by atoms with Crippen LogP contribution in [0.5, 0.6) is 0 Å². The largest absolute Gasteiger partial charge is 0.387 e. The second-order valence-electron chi connectivity index (χ2n) is 4.12. The second-order valence-corrected chi connectivity index (χ2v) is 6.44. The molecule has 0 bridgehead atoms. The molecule has 1 saturated carbocycles. The van der Waals surface area contributed by atoms with Crippen molar-refractivity contribution < 1.29 is 5.11 Å². The van der Waals surface area contributed by atoms with Crippen LogP contribution in [-0.2, 0) is 0 Å². The van der Waals surface area contributed by atoms with Crippen LogP contribution in [0.4, 0.5) is 0 Å². The summed E-state index contributed by atoms with van der Waals surface area (Å²) in [5.41, 5.74) is 0. The molecule has 2 rings (SSSR count). The molecule has 0 aromatic carbocycles. The Morgan fingerprint density at radius 3 is 2.87 bits per heavy atom. The van der Waals surface area contributed by atoms with Gasteiger partial charge in [0.15, 0.2) is 0 Å². The third-order valence-electron chi connectivity index (χ3n) is 2.91. The van der Waals surface area contributed by atoms with E-state index in [1.165, 1.54) is 32.1 Å². The van der Waals surface area contributed by atoms with Crippen molar-refractivity contribution in [2.24, 2.45) is 0 Å². The number of thioether (sulfide) groups is 1. The van der Waals surface area contributed by atoms with Gasteiger partial charge in [-0.2, -0.15) is 11.8 Å². The minimum Gasteiger partial charge on any atom is -0.387 e. The summed E-state index contributed by atoms with van der Waals surface area (Å²) in [7, 11) is 0. The molecule has 0 saturated heterocycles. The predicted octanol–water partition coefficient (Wildman–Crippen LogP) is 3.85. The lowest BCUT2D eigenvalue weighted by Crippen LogP contribution is -2.10. The van der Waals surface area contributed by atoms with Gasteiger partial charge in [0.05, 0.1) is 6.10 Å². The van der Waals surface area contributed by atoms with E-state index in [2.05, 4.69) is 0 Å². The molecule has 1 unspecified atom stereocenters. The Kier molecular flexibility index (Phi) is 4.54. The fraction of sp³-hybridized carbons (Fsp3) is 0.667. The molecule has 15 heavy (non-hydrogen) atoms. The fourth-order valence-electron chi connectivity index (χ4n) is 2.02. The van der Waals surface area contributed by atoms with Crippen LogP contribution in [0.25, 0.3) is 0 Å². The lowest BCUT2D eigenvalue weighted by molar-refractivity contribution is 0.207. The van der Waals surface area contributed by atoms with E-state index < -0.39 is 0 Å². The zero-order valence-electron chi connectivity index (χ0n) is 8.89. The van der Waals surface area contributed by atoms with E-state index in [-0.39, 0.29) is 6.10 Å². The van der Waals surface area contributed by atoms with Crippen molar-refractivity contribution in [3.63, 3.8) is 0 Å². The first-order chi connectivity index (χ1) is 7.36. The Morgan fingerprint density at radius 2 is 2.20 bits per heavy atom. The summed E-state index contributed by atoms with van der Waals surface area (Å²) < 4.78 is 0. The van der Waals surface area contributed by atoms with Crippen molar-refractivity contribution in [1.82, 2.24) is 0 Å². The van der Waals surface area contributed by atoms with Crippen molar-refractivity contribution in [2.75, 3.05) is 5.75 Å². The van der Waals surface area contributed by atoms with Gasteiger partial charge in [-0.05, 0) is 24.3 Å². The molecule has 1 aliphatic rings. The van der Waals surface area contributed by atoms with E-state index in [0.717, 1.165) is 15.9 Å². The van der Waals surface area contributed by atoms with Crippen LogP contribution in [0.3, 0.4) is 0 Å². The molecule has 1 aliphatic carbocycles. The molecule has 84 valence electrons. The van der Waals surface area contributed by atoms with E-state index in [4.69, 9.17) is 0 Å². The summed E-state index contributed by atoms with van der Waals surface area (Å²) >= 11 is 3.61. The molecule has 0 spiro atoms. The lowest BCUT2D eigenvalue weighted by Gasteiger charge is -2.21. The minimum absolute atomic E-state index is 0.253. The average molecular weight is 242 g/mol. The number of thiophene rings is 1. The molecule has 0 amide bonds. The summed E-state index contributed by atoms with van der Waals surface area (Å²) in [6.07, 6.45) is 6.62. The second kappa shape index (κ2) is 5.92. The molecular weight excluding hydrogens is 224 g/mol. The molecule has 1 atom stereocenters. The van der Waals surface area contributed by atoms with Gasteiger partial charge in [0.1, 0.15) is 0 Å². The van der Waals surface area contributed by atoms with Crippen molar-refractivity contribution in [2.45, 2.75) is 43.5 Å². The van der Waals surface area contributed by atoms with Crippen LogP contribution < -0.4 is 0 Å². The summed E-state index contributed by atoms with van der Waals surface area (Å²) in [6.45, 7) is 0. The quantitative estimate of drug-likeness (QED) is 0.865. The molecule has 1 N–H and O–H groups in total. The summed E-state index contributed by atoms with van der Waals surface area (Å²) in [5, 5.41) is 12.8. The first-order valence-electron chi connectivity index (χ1n) is 5.69. The Bertz CT molecular complexity index is 265. The third kappa shape index (κ3) is 3.51. The molecular formula is C12H18OS2. The highest BCUT2D eigenvalue weighted by molar-refractivity contribution is 7.99. The van der Waals surface area contributed by atoms with E-state index in [1.807, 2.05) is 29.3 Å². The first-order valence-corrected chi connectivity index (χ1v) is 7.62. The van der Waals surface area contributed by atoms with Gasteiger partial charge in [0.2, 0.25) is 0 Å². The summed E-state index contributed by atoms with van der Waals surface area (Å²) in [4.78, 5) is 1.11. The molecule has 0 aliphatic heterocycles. The standard InChI is InChI=1S/C12H18OS2/c13-11(12-7-4-8-14-12)9-15-10-5-2-1-3-6-10/h4,7-8,10-11,13H,1-3,5-6,9H2. The normalized spacial score (nSPS) is 20.3. The topological polar surface area (TPSA) is 20.2 Å². The lowest BCUT2D eigenvalue weighted by atomic mass is 10.0. The zero-order valence-corrected chi connectivity index (χ0v) is 10.5. The Morgan fingerprint density at radius 1 is 1.40 bits per heavy atom. The van der Waals surface area contributed by atoms with Gasteiger partial charge in [-0.1, -0.05) is 25.3 Å². The Hall–Kier alpha value is 0.01000. The van der Waals surface area contributed by atoms with Crippen molar-refractivity contribution >= 4 is 23.1 Å². The maximum Gasteiger partial charge on any atom is 0.0972 e. The van der Waals surface area contributed by atoms with E-state index >= 15 is 0 Å². The monoisotopic (exact) mass is 242 g/mol. The third-order valence-corrected chi connectivity index (χ3v) is 5.34. The molecule has 1 aromatic rings. The van der Waals surface area contributed by atoms with Crippen LogP contribution in [0, 0.1) is 0 Å². The van der Waals surface area contributed by atoms with Crippen molar-refractivity contribution in [3.05, 3.63) is 22.4 Å². The van der Waals surface area contributed by atoms with Crippen LogP contribution in [0.2, 0.25) is 0 Å². The van der Waals surface area contributed by atoms with Crippen LogP contribution in [0.1, 0.15) is 43.1 Å². The number of rotatable bonds is 4. The minimum atomic E-state index is -0.253. The number of aliphatic hydroxyl groups is 1. The smallest absolute Gasteiger partial charge is 0.0972 e. The van der Waals surface area contributed by atoms with E-state index in [1.54, 1.807) is 11.3 Å². The summed E-state index contributed by atoms with van der Waals surface area (Å²) in [5.74, 6) is 0.866. The van der Waals surface area contributed by atoms with Crippen molar-refractivity contribution in [1.29, 1.82) is 0 Å². The van der Waals surface area contributed by atoms with Gasteiger partial charge >= 0.3 is 0 Å². The van der Waals surface area contributed by atoms with Gasteiger partial charge in [0.25, 0.3) is 0 Å². The predicted molar refractivity (Wildman–Crippen MR) is 68.6 cm³/mol. The Labute approximate surface area is 99.9 Å². The summed E-state index contributed by atoms with van der Waals surface area (Å²) in [6, 6.07) is 4.03. The number of hydrogen-bond donors (Lipinski definition) is 1. The van der Waals surface area contributed by atoms with Gasteiger partial charge in [-0.15, -0.1) is 11.3 Å². The van der Waals surface area contributed by atoms with Crippen LogP contribution in [-0.4, -0.2) is 16.1 Å². The SMILES string of the molecule is OC(CSC1CCCCC1)c1cccs1. The molecule has 1 heterocycles. The fourth-order valence-corrected chi connectivity index (χ4v) is 4.14. The molecule has 1 fully saturated rings. The van der Waals surface area contributed by atoms with Gasteiger partial charge in [0, 0.05) is 15.9 Å². The highest BCUT2D eigenvalue weighted by Gasteiger charge is 2.16. The highest BCUT2D eigenvalue weighted by atomic mass is 32.2. The van der Waals surface area contributed by atoms with E-state index in [9.17, 15) is 5.11 Å². The Balaban J connectivity index is 1.73. The number of aliphatic hydroxyl groups excluding tert-OH is 1. The zero-order chi connectivity index (χ0) is 10.5. The maximum absolute atomic E-state index is 9.93. The first kappa shape index (κ1) is 11.5.